The molecule has 2 aromatic rings. The van der Waals surface area contributed by atoms with E-state index in [1.165, 1.54) is 6.33 Å². The highest BCUT2D eigenvalue weighted by molar-refractivity contribution is 9.10. The summed E-state index contributed by atoms with van der Waals surface area (Å²) in [5, 5.41) is 8.75. The molecule has 1 aromatic carbocycles. The number of hydrogen-bond acceptors (Lipinski definition) is 3. The first-order valence-corrected chi connectivity index (χ1v) is 4.97. The Balaban J connectivity index is 2.15. The minimum absolute atomic E-state index is 0.229. The van der Waals surface area contributed by atoms with E-state index in [-0.39, 0.29) is 5.91 Å². The minimum atomic E-state index is -0.229. The summed E-state index contributed by atoms with van der Waals surface area (Å²) >= 11 is 3.29. The van der Waals surface area contributed by atoms with E-state index < -0.39 is 0 Å². The average molecular weight is 267 g/mol. The molecule has 0 radical (unpaired) electrons. The Morgan fingerprint density at radius 3 is 3.00 bits per heavy atom. The Kier molecular flexibility index (Phi) is 2.77. The van der Waals surface area contributed by atoms with Crippen molar-refractivity contribution in [3.8, 4) is 0 Å². The summed E-state index contributed by atoms with van der Waals surface area (Å²) in [7, 11) is 0. The van der Waals surface area contributed by atoms with Crippen molar-refractivity contribution in [3.63, 3.8) is 0 Å². The lowest BCUT2D eigenvalue weighted by molar-refractivity contribution is 0.102. The number of aromatic nitrogens is 3. The number of anilines is 1. The maximum atomic E-state index is 11.6. The highest BCUT2D eigenvalue weighted by Crippen LogP contribution is 2.12. The highest BCUT2D eigenvalue weighted by atomic mass is 79.9. The molecule has 1 heterocycles. The topological polar surface area (TPSA) is 70.7 Å². The molecule has 0 aliphatic rings. The second-order valence-electron chi connectivity index (χ2n) is 2.80. The number of nitrogens with one attached hydrogen (secondary N) is 2. The zero-order valence-electron chi connectivity index (χ0n) is 7.57. The smallest absolute Gasteiger partial charge is 0.258 e. The monoisotopic (exact) mass is 266 g/mol. The van der Waals surface area contributed by atoms with Gasteiger partial charge in [0, 0.05) is 10.0 Å². The zero-order valence-corrected chi connectivity index (χ0v) is 9.15. The molecule has 1 aromatic heterocycles. The molecule has 76 valence electrons. The van der Waals surface area contributed by atoms with E-state index in [0.717, 1.165) is 4.47 Å². The third-order valence-electron chi connectivity index (χ3n) is 1.73. The second kappa shape index (κ2) is 4.22. The molecule has 0 unspecified atom stereocenters. The predicted molar refractivity (Wildman–Crippen MR) is 58.5 cm³/mol. The summed E-state index contributed by atoms with van der Waals surface area (Å²) in [6.45, 7) is 0. The molecule has 5 nitrogen and oxygen atoms in total. The number of H-pyrrole nitrogens is 1. The lowest BCUT2D eigenvalue weighted by Gasteiger charge is -2.01. The molecule has 6 heteroatoms. The van der Waals surface area contributed by atoms with Crippen molar-refractivity contribution in [2.45, 2.75) is 0 Å². The summed E-state index contributed by atoms with van der Waals surface area (Å²) in [6.07, 6.45) is 1.33. The number of carbonyl (C=O) groups is 1. The van der Waals surface area contributed by atoms with Crippen molar-refractivity contribution in [3.05, 3.63) is 40.6 Å². The highest BCUT2D eigenvalue weighted by Gasteiger charge is 2.07. The van der Waals surface area contributed by atoms with E-state index in [2.05, 4.69) is 36.4 Å². The van der Waals surface area contributed by atoms with Gasteiger partial charge in [0.2, 0.25) is 5.95 Å². The van der Waals surface area contributed by atoms with Gasteiger partial charge in [0.05, 0.1) is 0 Å². The van der Waals surface area contributed by atoms with E-state index in [0.29, 0.717) is 11.5 Å². The number of carbonyl (C=O) groups excluding carboxylic acids is 1. The van der Waals surface area contributed by atoms with Crippen LogP contribution in [0.3, 0.4) is 0 Å². The fourth-order valence-corrected chi connectivity index (χ4v) is 1.47. The number of aromatic amines is 1. The van der Waals surface area contributed by atoms with E-state index in [4.69, 9.17) is 0 Å². The molecule has 0 aliphatic heterocycles. The third-order valence-corrected chi connectivity index (χ3v) is 2.23. The van der Waals surface area contributed by atoms with Gasteiger partial charge in [-0.1, -0.05) is 22.0 Å². The molecule has 0 bridgehead atoms. The largest absolute Gasteiger partial charge is 0.291 e. The van der Waals surface area contributed by atoms with Crippen LogP contribution in [0.25, 0.3) is 0 Å². The fraction of sp³-hybridized carbons (Fsp3) is 0. The molecule has 2 N–H and O–H groups in total. The van der Waals surface area contributed by atoms with Crippen molar-refractivity contribution in [1.29, 1.82) is 0 Å². The SMILES string of the molecule is O=C(Nc1ncn[nH]1)c1cccc(Br)c1. The van der Waals surface area contributed by atoms with Crippen LogP contribution in [0.15, 0.2) is 35.1 Å². The van der Waals surface area contributed by atoms with Crippen LogP contribution >= 0.6 is 15.9 Å². The normalized spacial score (nSPS) is 9.93. The number of nitrogens with zero attached hydrogens (tertiary/aromatic N) is 2. The maximum Gasteiger partial charge on any atom is 0.258 e. The molecular formula is C9H7BrN4O. The molecule has 1 amide bonds. The quantitative estimate of drug-likeness (QED) is 0.871. The molecule has 15 heavy (non-hydrogen) atoms. The van der Waals surface area contributed by atoms with E-state index in [1.807, 2.05) is 6.07 Å². The molecular weight excluding hydrogens is 260 g/mol. The Hall–Kier alpha value is -1.69. The molecule has 0 spiro atoms. The fourth-order valence-electron chi connectivity index (χ4n) is 1.08. The Morgan fingerprint density at radius 1 is 1.47 bits per heavy atom. The van der Waals surface area contributed by atoms with Crippen molar-refractivity contribution < 1.29 is 4.79 Å². The van der Waals surface area contributed by atoms with Crippen LogP contribution in [0.2, 0.25) is 0 Å². The first-order valence-electron chi connectivity index (χ1n) is 4.18. The van der Waals surface area contributed by atoms with Gasteiger partial charge < -0.3 is 0 Å². The van der Waals surface area contributed by atoms with Crippen LogP contribution in [-0.2, 0) is 0 Å². The lowest BCUT2D eigenvalue weighted by atomic mass is 10.2. The third kappa shape index (κ3) is 2.41. The van der Waals surface area contributed by atoms with Crippen LogP contribution < -0.4 is 5.32 Å². The van der Waals surface area contributed by atoms with Crippen LogP contribution in [0, 0.1) is 0 Å². The lowest BCUT2D eigenvalue weighted by Crippen LogP contribution is -2.12. The van der Waals surface area contributed by atoms with E-state index >= 15 is 0 Å². The van der Waals surface area contributed by atoms with Gasteiger partial charge in [-0.2, -0.15) is 10.1 Å². The predicted octanol–water partition coefficient (Wildman–Crippen LogP) is 1.82. The number of halogens is 1. The van der Waals surface area contributed by atoms with Crippen LogP contribution in [0.1, 0.15) is 10.4 Å². The van der Waals surface area contributed by atoms with Gasteiger partial charge >= 0.3 is 0 Å². The van der Waals surface area contributed by atoms with Gasteiger partial charge in [-0.25, -0.2) is 5.10 Å². The van der Waals surface area contributed by atoms with Gasteiger partial charge in [-0.3, -0.25) is 10.1 Å². The molecule has 0 saturated carbocycles. The summed E-state index contributed by atoms with van der Waals surface area (Å²) in [5.41, 5.74) is 0.556. The van der Waals surface area contributed by atoms with Crippen LogP contribution in [0.5, 0.6) is 0 Å². The zero-order chi connectivity index (χ0) is 10.7. The average Bonchev–Trinajstić information content (AvgIpc) is 2.70. The van der Waals surface area contributed by atoms with Gasteiger partial charge in [-0.05, 0) is 18.2 Å². The number of hydrogen-bond donors (Lipinski definition) is 2. The van der Waals surface area contributed by atoms with Crippen molar-refractivity contribution in [1.82, 2.24) is 15.2 Å². The summed E-state index contributed by atoms with van der Waals surface area (Å²) in [5.74, 6) is 0.105. The number of benzene rings is 1. The summed E-state index contributed by atoms with van der Waals surface area (Å²) in [4.78, 5) is 15.4. The van der Waals surface area contributed by atoms with E-state index in [9.17, 15) is 4.79 Å². The molecule has 0 atom stereocenters. The van der Waals surface area contributed by atoms with E-state index in [1.54, 1.807) is 18.2 Å². The first kappa shape index (κ1) is 9.85. The van der Waals surface area contributed by atoms with Crippen molar-refractivity contribution >= 4 is 27.8 Å². The van der Waals surface area contributed by atoms with Crippen molar-refractivity contribution in [2.75, 3.05) is 5.32 Å². The van der Waals surface area contributed by atoms with Crippen LogP contribution in [-0.4, -0.2) is 21.1 Å². The van der Waals surface area contributed by atoms with Gasteiger partial charge in [-0.15, -0.1) is 0 Å². The number of amides is 1. The van der Waals surface area contributed by atoms with Crippen LogP contribution in [0.4, 0.5) is 5.95 Å². The van der Waals surface area contributed by atoms with Gasteiger partial charge in [0.25, 0.3) is 5.91 Å². The molecule has 0 aliphatic carbocycles. The molecule has 2 rings (SSSR count). The minimum Gasteiger partial charge on any atom is -0.291 e. The molecule has 0 saturated heterocycles. The standard InChI is InChI=1S/C9H7BrN4O/c10-7-3-1-2-6(4-7)8(15)13-9-11-5-12-14-9/h1-5H,(H2,11,12,13,14,15). The van der Waals surface area contributed by atoms with Gasteiger partial charge in [0.1, 0.15) is 6.33 Å². The maximum absolute atomic E-state index is 11.6. The van der Waals surface area contributed by atoms with Gasteiger partial charge in [0.15, 0.2) is 0 Å². The number of rotatable bonds is 2. The summed E-state index contributed by atoms with van der Waals surface area (Å²) < 4.78 is 0.854. The Morgan fingerprint density at radius 2 is 2.33 bits per heavy atom. The first-order chi connectivity index (χ1) is 7.25. The Labute approximate surface area is 94.0 Å². The summed E-state index contributed by atoms with van der Waals surface area (Å²) in [6, 6.07) is 7.09. The molecule has 0 fully saturated rings. The van der Waals surface area contributed by atoms with Crippen molar-refractivity contribution in [2.24, 2.45) is 0 Å². The Bertz CT molecular complexity index is 469. The second-order valence-corrected chi connectivity index (χ2v) is 3.71.